The highest BCUT2D eigenvalue weighted by atomic mass is 16.5. The van der Waals surface area contributed by atoms with Gasteiger partial charge in [0.15, 0.2) is 0 Å². The molecule has 3 N–H and O–H groups in total. The largest absolute Gasteiger partial charge is 0.492 e. The van der Waals surface area contributed by atoms with Crippen LogP contribution < -0.4 is 15.8 Å². The second-order valence-corrected chi connectivity index (χ2v) is 6.79. The zero-order valence-corrected chi connectivity index (χ0v) is 15.4. The number of amides is 1. The van der Waals surface area contributed by atoms with Crippen molar-refractivity contribution in [3.8, 4) is 16.9 Å². The van der Waals surface area contributed by atoms with Crippen LogP contribution in [0.5, 0.6) is 5.75 Å². The molecular weight excluding hydrogens is 314 g/mol. The molecule has 0 aliphatic rings. The fourth-order valence-electron chi connectivity index (χ4n) is 2.72. The van der Waals surface area contributed by atoms with Gasteiger partial charge in [-0.25, -0.2) is 4.98 Å². The van der Waals surface area contributed by atoms with E-state index in [9.17, 15) is 4.79 Å². The standard InChI is InChI=1S/C20H27N3O2/c1-13(2)9-18(21)12-25-19-6-5-16(10-14(19)3)17-7-8-22-20(11-17)23-15(4)24/h5-8,10-11,13,18H,9,12,21H2,1-4H3,(H,22,23,24). The van der Waals surface area contributed by atoms with Crippen molar-refractivity contribution < 1.29 is 9.53 Å². The fraction of sp³-hybridized carbons (Fsp3) is 0.400. The van der Waals surface area contributed by atoms with Crippen LogP contribution in [0.25, 0.3) is 11.1 Å². The number of anilines is 1. The third kappa shape index (κ3) is 5.87. The van der Waals surface area contributed by atoms with E-state index in [1.54, 1.807) is 6.20 Å². The highest BCUT2D eigenvalue weighted by molar-refractivity contribution is 5.88. The van der Waals surface area contributed by atoms with Crippen LogP contribution >= 0.6 is 0 Å². The Morgan fingerprint density at radius 2 is 1.96 bits per heavy atom. The molecule has 1 atom stereocenters. The summed E-state index contributed by atoms with van der Waals surface area (Å²) >= 11 is 0. The maximum Gasteiger partial charge on any atom is 0.222 e. The van der Waals surface area contributed by atoms with Crippen molar-refractivity contribution in [2.75, 3.05) is 11.9 Å². The quantitative estimate of drug-likeness (QED) is 0.804. The minimum Gasteiger partial charge on any atom is -0.492 e. The van der Waals surface area contributed by atoms with Gasteiger partial charge in [-0.05, 0) is 60.2 Å². The molecule has 0 bridgehead atoms. The van der Waals surface area contributed by atoms with Gasteiger partial charge in [-0.15, -0.1) is 0 Å². The van der Waals surface area contributed by atoms with Gasteiger partial charge in [0.2, 0.25) is 5.91 Å². The molecule has 1 aromatic carbocycles. The zero-order chi connectivity index (χ0) is 18.4. The number of rotatable bonds is 7. The van der Waals surface area contributed by atoms with E-state index in [1.165, 1.54) is 6.92 Å². The van der Waals surface area contributed by atoms with Gasteiger partial charge >= 0.3 is 0 Å². The number of nitrogens with zero attached hydrogens (tertiary/aromatic N) is 1. The summed E-state index contributed by atoms with van der Waals surface area (Å²) in [6.07, 6.45) is 2.63. The number of aryl methyl sites for hydroxylation is 1. The molecule has 0 radical (unpaired) electrons. The summed E-state index contributed by atoms with van der Waals surface area (Å²) in [5.41, 5.74) is 9.17. The molecule has 0 aliphatic carbocycles. The molecule has 1 heterocycles. The molecule has 1 unspecified atom stereocenters. The number of nitrogens with two attached hydrogens (primary N) is 1. The minimum absolute atomic E-state index is 0.0412. The predicted octanol–water partition coefficient (Wildman–Crippen LogP) is 3.77. The molecule has 0 fully saturated rings. The van der Waals surface area contributed by atoms with Crippen molar-refractivity contribution in [2.24, 2.45) is 11.7 Å². The lowest BCUT2D eigenvalue weighted by Gasteiger charge is -2.16. The van der Waals surface area contributed by atoms with E-state index in [0.29, 0.717) is 18.3 Å². The van der Waals surface area contributed by atoms with Gasteiger partial charge in [0.1, 0.15) is 18.2 Å². The Morgan fingerprint density at radius 1 is 1.24 bits per heavy atom. The molecule has 2 rings (SSSR count). The molecule has 0 spiro atoms. The summed E-state index contributed by atoms with van der Waals surface area (Å²) in [7, 11) is 0. The summed E-state index contributed by atoms with van der Waals surface area (Å²) in [6, 6.07) is 9.85. The molecule has 2 aromatic rings. The summed E-state index contributed by atoms with van der Waals surface area (Å²) in [5, 5.41) is 2.70. The second-order valence-electron chi connectivity index (χ2n) is 6.79. The molecule has 0 aliphatic heterocycles. The molecule has 134 valence electrons. The predicted molar refractivity (Wildman–Crippen MR) is 102 cm³/mol. The van der Waals surface area contributed by atoms with Crippen molar-refractivity contribution in [3.63, 3.8) is 0 Å². The lowest BCUT2D eigenvalue weighted by molar-refractivity contribution is -0.114. The van der Waals surface area contributed by atoms with Gasteiger partial charge in [-0.2, -0.15) is 0 Å². The smallest absolute Gasteiger partial charge is 0.222 e. The molecule has 1 aromatic heterocycles. The van der Waals surface area contributed by atoms with E-state index in [2.05, 4.69) is 30.2 Å². The highest BCUT2D eigenvalue weighted by Gasteiger charge is 2.09. The molecule has 25 heavy (non-hydrogen) atoms. The number of aromatic nitrogens is 1. The van der Waals surface area contributed by atoms with Gasteiger partial charge < -0.3 is 15.8 Å². The zero-order valence-electron chi connectivity index (χ0n) is 15.4. The minimum atomic E-state index is -0.137. The Balaban J connectivity index is 2.10. The van der Waals surface area contributed by atoms with Gasteiger partial charge in [-0.3, -0.25) is 4.79 Å². The molecular formula is C20H27N3O2. The number of hydrogen-bond donors (Lipinski definition) is 2. The van der Waals surface area contributed by atoms with Crippen molar-refractivity contribution >= 4 is 11.7 Å². The van der Waals surface area contributed by atoms with E-state index < -0.39 is 0 Å². The number of carbonyl (C=O) groups is 1. The monoisotopic (exact) mass is 341 g/mol. The van der Waals surface area contributed by atoms with Gasteiger partial charge in [0.05, 0.1) is 0 Å². The number of hydrogen-bond acceptors (Lipinski definition) is 4. The average molecular weight is 341 g/mol. The summed E-state index contributed by atoms with van der Waals surface area (Å²) in [4.78, 5) is 15.3. The number of benzene rings is 1. The van der Waals surface area contributed by atoms with Gasteiger partial charge in [0.25, 0.3) is 0 Å². The third-order valence-corrected chi connectivity index (χ3v) is 3.80. The third-order valence-electron chi connectivity index (χ3n) is 3.80. The summed E-state index contributed by atoms with van der Waals surface area (Å²) in [5.74, 6) is 1.82. The Labute approximate surface area is 149 Å². The van der Waals surface area contributed by atoms with Crippen LogP contribution in [0, 0.1) is 12.8 Å². The molecule has 5 nitrogen and oxygen atoms in total. The Kier molecular flexibility index (Phi) is 6.53. The van der Waals surface area contributed by atoms with E-state index in [1.807, 2.05) is 31.2 Å². The number of carbonyl (C=O) groups excluding carboxylic acids is 1. The lowest BCUT2D eigenvalue weighted by Crippen LogP contribution is -2.29. The lowest BCUT2D eigenvalue weighted by atomic mass is 10.0. The number of pyridine rings is 1. The van der Waals surface area contributed by atoms with Gasteiger partial charge in [-0.1, -0.05) is 19.9 Å². The van der Waals surface area contributed by atoms with Crippen molar-refractivity contribution in [1.82, 2.24) is 4.98 Å². The maximum atomic E-state index is 11.2. The topological polar surface area (TPSA) is 77.2 Å². The van der Waals surface area contributed by atoms with E-state index in [-0.39, 0.29) is 11.9 Å². The second kappa shape index (κ2) is 8.62. The van der Waals surface area contributed by atoms with Crippen LogP contribution in [-0.4, -0.2) is 23.5 Å². The molecule has 0 saturated heterocycles. The Bertz CT molecular complexity index is 729. The van der Waals surface area contributed by atoms with Crippen molar-refractivity contribution in [3.05, 3.63) is 42.1 Å². The van der Waals surface area contributed by atoms with Crippen LogP contribution in [0.2, 0.25) is 0 Å². The maximum absolute atomic E-state index is 11.2. The molecule has 1 amide bonds. The Hall–Kier alpha value is -2.40. The van der Waals surface area contributed by atoms with Crippen molar-refractivity contribution in [1.29, 1.82) is 0 Å². The van der Waals surface area contributed by atoms with Crippen LogP contribution in [0.3, 0.4) is 0 Å². The van der Waals surface area contributed by atoms with E-state index in [0.717, 1.165) is 28.9 Å². The summed E-state index contributed by atoms with van der Waals surface area (Å²) < 4.78 is 5.87. The van der Waals surface area contributed by atoms with Crippen LogP contribution in [0.1, 0.15) is 32.8 Å². The SMILES string of the molecule is CC(=O)Nc1cc(-c2ccc(OCC(N)CC(C)C)c(C)c2)ccn1. The first-order chi connectivity index (χ1) is 11.8. The van der Waals surface area contributed by atoms with E-state index in [4.69, 9.17) is 10.5 Å². The first kappa shape index (κ1) is 18.9. The van der Waals surface area contributed by atoms with Gasteiger partial charge in [0, 0.05) is 19.2 Å². The highest BCUT2D eigenvalue weighted by Crippen LogP contribution is 2.27. The molecule has 0 saturated carbocycles. The number of nitrogens with one attached hydrogen (secondary N) is 1. The van der Waals surface area contributed by atoms with Crippen molar-refractivity contribution in [2.45, 2.75) is 40.2 Å². The fourth-order valence-corrected chi connectivity index (χ4v) is 2.72. The number of ether oxygens (including phenoxy) is 1. The normalized spacial score (nSPS) is 12.1. The van der Waals surface area contributed by atoms with E-state index >= 15 is 0 Å². The Morgan fingerprint density at radius 3 is 2.60 bits per heavy atom. The van der Waals surface area contributed by atoms with Crippen LogP contribution in [0.4, 0.5) is 5.82 Å². The summed E-state index contributed by atoms with van der Waals surface area (Å²) in [6.45, 7) is 8.31. The first-order valence-electron chi connectivity index (χ1n) is 8.58. The van der Waals surface area contributed by atoms with Crippen LogP contribution in [-0.2, 0) is 4.79 Å². The average Bonchev–Trinajstić information content (AvgIpc) is 2.52. The first-order valence-corrected chi connectivity index (χ1v) is 8.58. The molecule has 5 heteroatoms. The van der Waals surface area contributed by atoms with Crippen LogP contribution in [0.15, 0.2) is 36.5 Å².